The molecule has 0 aliphatic rings. The van der Waals surface area contributed by atoms with Crippen LogP contribution in [0.5, 0.6) is 6.01 Å². The van der Waals surface area contributed by atoms with E-state index < -0.39 is 0 Å². The summed E-state index contributed by atoms with van der Waals surface area (Å²) in [7, 11) is 0. The molecule has 0 amide bonds. The van der Waals surface area contributed by atoms with E-state index in [9.17, 15) is 0 Å². The van der Waals surface area contributed by atoms with Gasteiger partial charge in [-0.2, -0.15) is 15.4 Å². The minimum absolute atomic E-state index is 0.319. The number of rotatable bonds is 3. The average molecular weight is 191 g/mol. The van der Waals surface area contributed by atoms with Crippen molar-refractivity contribution in [3.8, 4) is 6.01 Å². The molecule has 2 heterocycles. The Hall–Kier alpha value is -1.98. The molecular formula is C8H9N5O. The summed E-state index contributed by atoms with van der Waals surface area (Å²) in [5.41, 5.74) is 1.72. The van der Waals surface area contributed by atoms with Gasteiger partial charge in [0.2, 0.25) is 0 Å². The first kappa shape index (κ1) is 8.61. The summed E-state index contributed by atoms with van der Waals surface area (Å²) < 4.78 is 5.26. The summed E-state index contributed by atoms with van der Waals surface area (Å²) >= 11 is 0. The number of H-pyrrole nitrogens is 1. The first-order chi connectivity index (χ1) is 6.84. The standard InChI is InChI=1S/C8H9N5O/c1-6-2-9-8(10-3-6)14-5-7-4-11-13-12-7/h2-4H,5H2,1H3,(H,11,12,13). The molecule has 2 aromatic rings. The zero-order chi connectivity index (χ0) is 9.80. The van der Waals surface area contributed by atoms with Crippen molar-refractivity contribution in [2.45, 2.75) is 13.5 Å². The number of hydrogen-bond acceptors (Lipinski definition) is 5. The van der Waals surface area contributed by atoms with Gasteiger partial charge in [-0.15, -0.1) is 0 Å². The molecule has 2 aromatic heterocycles. The summed E-state index contributed by atoms with van der Waals surface area (Å²) in [6, 6.07) is 0.346. The third kappa shape index (κ3) is 2.03. The molecule has 0 atom stereocenters. The van der Waals surface area contributed by atoms with Gasteiger partial charge in [-0.3, -0.25) is 0 Å². The van der Waals surface area contributed by atoms with E-state index in [-0.39, 0.29) is 0 Å². The van der Waals surface area contributed by atoms with Crippen LogP contribution in [0, 0.1) is 6.92 Å². The monoisotopic (exact) mass is 191 g/mol. The molecule has 6 heteroatoms. The van der Waals surface area contributed by atoms with Gasteiger partial charge in [0.15, 0.2) is 0 Å². The van der Waals surface area contributed by atoms with Crippen LogP contribution in [-0.4, -0.2) is 25.4 Å². The van der Waals surface area contributed by atoms with Gasteiger partial charge >= 0.3 is 6.01 Å². The second kappa shape index (κ2) is 3.82. The van der Waals surface area contributed by atoms with Gasteiger partial charge in [-0.05, 0) is 12.5 Å². The SMILES string of the molecule is Cc1cnc(OCc2cn[nH]n2)nc1. The van der Waals surface area contributed by atoms with Crippen LogP contribution in [-0.2, 0) is 6.61 Å². The highest BCUT2D eigenvalue weighted by molar-refractivity contribution is 5.04. The maximum atomic E-state index is 5.26. The summed E-state index contributed by atoms with van der Waals surface area (Å²) in [6.45, 7) is 2.24. The molecular weight excluding hydrogens is 182 g/mol. The van der Waals surface area contributed by atoms with Gasteiger partial charge in [-0.25, -0.2) is 9.97 Å². The Morgan fingerprint density at radius 1 is 1.29 bits per heavy atom. The van der Waals surface area contributed by atoms with Crippen molar-refractivity contribution in [3.05, 3.63) is 29.8 Å². The van der Waals surface area contributed by atoms with Crippen LogP contribution < -0.4 is 4.74 Å². The van der Waals surface area contributed by atoms with E-state index in [1.54, 1.807) is 18.6 Å². The molecule has 0 unspecified atom stereocenters. The zero-order valence-electron chi connectivity index (χ0n) is 7.64. The van der Waals surface area contributed by atoms with Crippen molar-refractivity contribution in [1.82, 2.24) is 25.4 Å². The fourth-order valence-electron chi connectivity index (χ4n) is 0.889. The number of ether oxygens (including phenoxy) is 1. The van der Waals surface area contributed by atoms with E-state index in [0.29, 0.717) is 18.3 Å². The normalized spacial score (nSPS) is 10.1. The quantitative estimate of drug-likeness (QED) is 0.763. The highest BCUT2D eigenvalue weighted by atomic mass is 16.5. The zero-order valence-corrected chi connectivity index (χ0v) is 7.64. The first-order valence-electron chi connectivity index (χ1n) is 4.11. The fourth-order valence-corrected chi connectivity index (χ4v) is 0.889. The maximum Gasteiger partial charge on any atom is 0.316 e. The highest BCUT2D eigenvalue weighted by Crippen LogP contribution is 2.03. The van der Waals surface area contributed by atoms with Gasteiger partial charge < -0.3 is 4.74 Å². The Kier molecular flexibility index (Phi) is 2.35. The lowest BCUT2D eigenvalue weighted by Crippen LogP contribution is -1.99. The molecule has 0 spiro atoms. The summed E-state index contributed by atoms with van der Waals surface area (Å²) in [4.78, 5) is 7.97. The predicted molar refractivity (Wildman–Crippen MR) is 47.5 cm³/mol. The van der Waals surface area contributed by atoms with E-state index in [1.165, 1.54) is 0 Å². The van der Waals surface area contributed by atoms with E-state index in [2.05, 4.69) is 25.4 Å². The van der Waals surface area contributed by atoms with Gasteiger partial charge in [0.1, 0.15) is 12.3 Å². The number of nitrogens with zero attached hydrogens (tertiary/aromatic N) is 4. The molecule has 0 fully saturated rings. The first-order valence-corrected chi connectivity index (χ1v) is 4.11. The number of aryl methyl sites for hydroxylation is 1. The molecule has 14 heavy (non-hydrogen) atoms. The molecule has 0 aliphatic carbocycles. The minimum Gasteiger partial charge on any atom is -0.457 e. The van der Waals surface area contributed by atoms with Gasteiger partial charge in [-0.1, -0.05) is 0 Å². The summed E-state index contributed by atoms with van der Waals surface area (Å²) in [5, 5.41) is 9.98. The predicted octanol–water partition coefficient (Wildman–Crippen LogP) is 0.482. The van der Waals surface area contributed by atoms with E-state index in [1.807, 2.05) is 6.92 Å². The van der Waals surface area contributed by atoms with Crippen LogP contribution in [0.3, 0.4) is 0 Å². The van der Waals surface area contributed by atoms with E-state index in [4.69, 9.17) is 4.74 Å². The highest BCUT2D eigenvalue weighted by Gasteiger charge is 1.99. The number of nitrogens with one attached hydrogen (secondary N) is 1. The maximum absolute atomic E-state index is 5.26. The van der Waals surface area contributed by atoms with Gasteiger partial charge in [0.05, 0.1) is 6.20 Å². The van der Waals surface area contributed by atoms with Crippen LogP contribution in [0.1, 0.15) is 11.3 Å². The molecule has 0 aromatic carbocycles. The molecule has 0 saturated carbocycles. The molecule has 0 saturated heterocycles. The number of aromatic nitrogens is 5. The van der Waals surface area contributed by atoms with Crippen molar-refractivity contribution in [2.75, 3.05) is 0 Å². The van der Waals surface area contributed by atoms with Crippen molar-refractivity contribution in [3.63, 3.8) is 0 Å². The van der Waals surface area contributed by atoms with E-state index in [0.717, 1.165) is 5.56 Å². The molecule has 0 aliphatic heterocycles. The average Bonchev–Trinajstić information content (AvgIpc) is 2.70. The van der Waals surface area contributed by atoms with Crippen molar-refractivity contribution < 1.29 is 4.74 Å². The third-order valence-corrected chi connectivity index (χ3v) is 1.57. The lowest BCUT2D eigenvalue weighted by atomic mass is 10.4. The van der Waals surface area contributed by atoms with Gasteiger partial charge in [0.25, 0.3) is 0 Å². The third-order valence-electron chi connectivity index (χ3n) is 1.57. The molecule has 1 N–H and O–H groups in total. The van der Waals surface area contributed by atoms with Crippen molar-refractivity contribution in [2.24, 2.45) is 0 Å². The Labute approximate surface area is 80.4 Å². The Balaban J connectivity index is 1.95. The van der Waals surface area contributed by atoms with Crippen LogP contribution in [0.4, 0.5) is 0 Å². The molecule has 2 rings (SSSR count). The largest absolute Gasteiger partial charge is 0.457 e. The fraction of sp³-hybridized carbons (Fsp3) is 0.250. The smallest absolute Gasteiger partial charge is 0.316 e. The van der Waals surface area contributed by atoms with Crippen LogP contribution >= 0.6 is 0 Å². The lowest BCUT2D eigenvalue weighted by molar-refractivity contribution is 0.276. The van der Waals surface area contributed by atoms with E-state index >= 15 is 0 Å². The second-order valence-electron chi connectivity index (χ2n) is 2.79. The summed E-state index contributed by atoms with van der Waals surface area (Å²) in [6.07, 6.45) is 4.99. The van der Waals surface area contributed by atoms with Crippen molar-refractivity contribution in [1.29, 1.82) is 0 Å². The number of hydrogen-bond donors (Lipinski definition) is 1. The second-order valence-corrected chi connectivity index (χ2v) is 2.79. The lowest BCUT2D eigenvalue weighted by Gasteiger charge is -2.00. The van der Waals surface area contributed by atoms with Gasteiger partial charge in [0, 0.05) is 12.4 Å². The molecule has 0 radical (unpaired) electrons. The number of aromatic amines is 1. The molecule has 72 valence electrons. The van der Waals surface area contributed by atoms with Crippen LogP contribution in [0.15, 0.2) is 18.6 Å². The van der Waals surface area contributed by atoms with Crippen LogP contribution in [0.2, 0.25) is 0 Å². The minimum atomic E-state index is 0.319. The topological polar surface area (TPSA) is 76.6 Å². The Morgan fingerprint density at radius 3 is 2.71 bits per heavy atom. The van der Waals surface area contributed by atoms with Crippen molar-refractivity contribution >= 4 is 0 Å². The molecule has 0 bridgehead atoms. The van der Waals surface area contributed by atoms with Crippen LogP contribution in [0.25, 0.3) is 0 Å². The Morgan fingerprint density at radius 2 is 2.07 bits per heavy atom. The Bertz CT molecular complexity index is 383. The summed E-state index contributed by atoms with van der Waals surface area (Å²) in [5.74, 6) is 0. The molecule has 6 nitrogen and oxygen atoms in total.